The molecule has 2 aliphatic rings. The summed E-state index contributed by atoms with van der Waals surface area (Å²) in [6.45, 7) is 11.7. The van der Waals surface area contributed by atoms with Crippen molar-refractivity contribution < 1.29 is 0 Å². The highest BCUT2D eigenvalue weighted by atomic mass is 15.3. The molecule has 2 fully saturated rings. The van der Waals surface area contributed by atoms with Gasteiger partial charge in [-0.25, -0.2) is 9.67 Å². The van der Waals surface area contributed by atoms with Crippen LogP contribution in [0.2, 0.25) is 0 Å². The van der Waals surface area contributed by atoms with Gasteiger partial charge in [0.25, 0.3) is 0 Å². The van der Waals surface area contributed by atoms with E-state index in [2.05, 4.69) is 75.4 Å². The van der Waals surface area contributed by atoms with Crippen molar-refractivity contribution in [2.24, 2.45) is 5.73 Å². The Morgan fingerprint density at radius 2 is 1.85 bits per heavy atom. The average molecular weight is 530 g/mol. The van der Waals surface area contributed by atoms with E-state index in [1.54, 1.807) is 0 Å². The van der Waals surface area contributed by atoms with Gasteiger partial charge in [-0.3, -0.25) is 4.90 Å². The second kappa shape index (κ2) is 11.3. The fraction of sp³-hybridized carbons (Fsp3) is 0.500. The molecule has 0 radical (unpaired) electrons. The third kappa shape index (κ3) is 5.61. The normalized spacial score (nSPS) is 17.4. The number of aromatic nitrogens is 6. The van der Waals surface area contributed by atoms with Gasteiger partial charge in [0.05, 0.1) is 17.7 Å². The van der Waals surface area contributed by atoms with Crippen LogP contribution in [-0.2, 0) is 13.1 Å². The molecule has 0 atom stereocenters. The molecule has 3 aromatic heterocycles. The third-order valence-electron chi connectivity index (χ3n) is 7.71. The summed E-state index contributed by atoms with van der Waals surface area (Å²) in [4.78, 5) is 19.3. The highest BCUT2D eigenvalue weighted by molar-refractivity contribution is 5.84. The van der Waals surface area contributed by atoms with Crippen LogP contribution in [0.15, 0.2) is 42.9 Å². The molecule has 5 heterocycles. The standard InChI is InChI=1S/C28H39N11/c1-20(2)38-19-32-25-26(33-28(34-27(25)38)37-12-7-22(29)8-13-37)31-17-21-5-3-4-6-24(21)39-14-9-23(35-39)18-36-15-10-30-11-16-36/h3-6,9,14,19-20,22,30H,7-8,10-13,15-18,29H2,1-2H3,(H,31,33,34). The lowest BCUT2D eigenvalue weighted by atomic mass is 10.1. The molecule has 2 aliphatic heterocycles. The maximum atomic E-state index is 6.16. The molecule has 4 N–H and O–H groups in total. The summed E-state index contributed by atoms with van der Waals surface area (Å²) in [5.41, 5.74) is 11.1. The van der Waals surface area contributed by atoms with Crippen LogP contribution in [0.4, 0.5) is 11.8 Å². The van der Waals surface area contributed by atoms with E-state index in [0.717, 1.165) is 98.5 Å². The molecule has 0 amide bonds. The molecule has 11 heteroatoms. The number of benzene rings is 1. The van der Waals surface area contributed by atoms with Crippen LogP contribution in [-0.4, -0.2) is 79.5 Å². The maximum Gasteiger partial charge on any atom is 0.229 e. The third-order valence-corrected chi connectivity index (χ3v) is 7.71. The second-order valence-electron chi connectivity index (χ2n) is 10.9. The van der Waals surface area contributed by atoms with Crippen LogP contribution in [0.3, 0.4) is 0 Å². The highest BCUT2D eigenvalue weighted by Gasteiger charge is 2.22. The molecule has 0 aliphatic carbocycles. The first-order chi connectivity index (χ1) is 19.0. The minimum absolute atomic E-state index is 0.247. The fourth-order valence-corrected chi connectivity index (χ4v) is 5.39. The largest absolute Gasteiger partial charge is 0.364 e. The average Bonchev–Trinajstić information content (AvgIpc) is 3.60. The van der Waals surface area contributed by atoms with Crippen molar-refractivity contribution in [1.82, 2.24) is 39.5 Å². The first kappa shape index (κ1) is 25.7. The summed E-state index contributed by atoms with van der Waals surface area (Å²) in [6, 6.07) is 11.0. The van der Waals surface area contributed by atoms with Crippen LogP contribution < -0.4 is 21.3 Å². The number of rotatable bonds is 8. The molecule has 1 aromatic carbocycles. The maximum absolute atomic E-state index is 6.16. The zero-order chi connectivity index (χ0) is 26.8. The van der Waals surface area contributed by atoms with Gasteiger partial charge in [-0.05, 0) is 44.4 Å². The molecular formula is C28H39N11. The molecule has 6 rings (SSSR count). The number of hydrogen-bond donors (Lipinski definition) is 3. The highest BCUT2D eigenvalue weighted by Crippen LogP contribution is 2.27. The predicted octanol–water partition coefficient (Wildman–Crippen LogP) is 2.54. The Labute approximate surface area is 229 Å². The summed E-state index contributed by atoms with van der Waals surface area (Å²) in [6.07, 6.45) is 5.81. The van der Waals surface area contributed by atoms with E-state index in [1.807, 2.05) is 11.0 Å². The number of anilines is 2. The Bertz CT molecular complexity index is 1390. The molecular weight excluding hydrogens is 490 g/mol. The van der Waals surface area contributed by atoms with Gasteiger partial charge < -0.3 is 25.8 Å². The monoisotopic (exact) mass is 529 g/mol. The Kier molecular flexibility index (Phi) is 7.45. The molecule has 206 valence electrons. The van der Waals surface area contributed by atoms with Crippen LogP contribution in [0.5, 0.6) is 0 Å². The number of piperidine rings is 1. The van der Waals surface area contributed by atoms with E-state index in [9.17, 15) is 0 Å². The fourth-order valence-electron chi connectivity index (χ4n) is 5.39. The van der Waals surface area contributed by atoms with Crippen LogP contribution >= 0.6 is 0 Å². The Morgan fingerprint density at radius 3 is 2.64 bits per heavy atom. The first-order valence-corrected chi connectivity index (χ1v) is 14.1. The van der Waals surface area contributed by atoms with E-state index in [0.29, 0.717) is 6.54 Å². The Morgan fingerprint density at radius 1 is 1.05 bits per heavy atom. The number of fused-ring (bicyclic) bond motifs is 1. The van der Waals surface area contributed by atoms with E-state index in [-0.39, 0.29) is 12.1 Å². The lowest BCUT2D eigenvalue weighted by molar-refractivity contribution is 0.230. The van der Waals surface area contributed by atoms with Gasteiger partial charge in [0.2, 0.25) is 5.95 Å². The SMILES string of the molecule is CC(C)n1cnc2c(NCc3ccccc3-n3ccc(CN4CCNCC4)n3)nc(N3CCC(N)CC3)nc21. The molecule has 0 bridgehead atoms. The molecule has 2 saturated heterocycles. The van der Waals surface area contributed by atoms with Gasteiger partial charge >= 0.3 is 0 Å². The second-order valence-corrected chi connectivity index (χ2v) is 10.9. The van der Waals surface area contributed by atoms with Gasteiger partial charge in [0.15, 0.2) is 17.0 Å². The van der Waals surface area contributed by atoms with Crippen molar-refractivity contribution in [2.75, 3.05) is 49.5 Å². The Balaban J connectivity index is 1.25. The summed E-state index contributed by atoms with van der Waals surface area (Å²) >= 11 is 0. The molecule has 11 nitrogen and oxygen atoms in total. The summed E-state index contributed by atoms with van der Waals surface area (Å²) in [5, 5.41) is 11.9. The van der Waals surface area contributed by atoms with Gasteiger partial charge in [0, 0.05) is 70.6 Å². The van der Waals surface area contributed by atoms with Crippen molar-refractivity contribution in [2.45, 2.75) is 51.9 Å². The number of nitrogens with one attached hydrogen (secondary N) is 2. The lowest BCUT2D eigenvalue weighted by Gasteiger charge is -2.30. The number of nitrogens with two attached hydrogens (primary N) is 1. The van der Waals surface area contributed by atoms with Crippen molar-refractivity contribution in [3.05, 3.63) is 54.1 Å². The number of imidazole rings is 1. The smallest absolute Gasteiger partial charge is 0.229 e. The minimum Gasteiger partial charge on any atom is -0.364 e. The zero-order valence-electron chi connectivity index (χ0n) is 22.9. The van der Waals surface area contributed by atoms with Gasteiger partial charge in [-0.2, -0.15) is 15.1 Å². The lowest BCUT2D eigenvalue weighted by Crippen LogP contribution is -2.42. The molecule has 0 saturated carbocycles. The number of hydrogen-bond acceptors (Lipinski definition) is 9. The van der Waals surface area contributed by atoms with Crippen LogP contribution in [0.1, 0.15) is 44.0 Å². The van der Waals surface area contributed by atoms with Gasteiger partial charge in [0.1, 0.15) is 0 Å². The van der Waals surface area contributed by atoms with Crippen molar-refractivity contribution in [3.63, 3.8) is 0 Å². The van der Waals surface area contributed by atoms with Crippen molar-refractivity contribution in [3.8, 4) is 5.69 Å². The topological polar surface area (TPSA) is 118 Å². The van der Waals surface area contributed by atoms with Crippen molar-refractivity contribution in [1.29, 1.82) is 0 Å². The van der Waals surface area contributed by atoms with E-state index in [4.69, 9.17) is 25.8 Å². The van der Waals surface area contributed by atoms with E-state index in [1.165, 1.54) is 0 Å². The Hall–Kier alpha value is -3.54. The first-order valence-electron chi connectivity index (χ1n) is 14.1. The molecule has 39 heavy (non-hydrogen) atoms. The summed E-state index contributed by atoms with van der Waals surface area (Å²) in [5.74, 6) is 1.48. The van der Waals surface area contributed by atoms with Crippen LogP contribution in [0.25, 0.3) is 16.9 Å². The molecule has 0 unspecified atom stereocenters. The van der Waals surface area contributed by atoms with Crippen LogP contribution in [0, 0.1) is 0 Å². The minimum atomic E-state index is 0.247. The number of piperazine rings is 1. The van der Waals surface area contributed by atoms with E-state index >= 15 is 0 Å². The predicted molar refractivity (Wildman–Crippen MR) is 154 cm³/mol. The molecule has 4 aromatic rings. The number of para-hydroxylation sites is 1. The van der Waals surface area contributed by atoms with Crippen molar-refractivity contribution >= 4 is 22.9 Å². The van der Waals surface area contributed by atoms with Gasteiger partial charge in [-0.1, -0.05) is 18.2 Å². The van der Waals surface area contributed by atoms with E-state index < -0.39 is 0 Å². The summed E-state index contributed by atoms with van der Waals surface area (Å²) in [7, 11) is 0. The quantitative estimate of drug-likeness (QED) is 0.316. The van der Waals surface area contributed by atoms with Gasteiger partial charge in [-0.15, -0.1) is 0 Å². The number of nitrogens with zero attached hydrogens (tertiary/aromatic N) is 8. The zero-order valence-corrected chi connectivity index (χ0v) is 22.9. The summed E-state index contributed by atoms with van der Waals surface area (Å²) < 4.78 is 4.10. The molecule has 0 spiro atoms.